The van der Waals surface area contributed by atoms with Gasteiger partial charge in [-0.15, -0.1) is 0 Å². The van der Waals surface area contributed by atoms with E-state index in [0.717, 1.165) is 0 Å². The van der Waals surface area contributed by atoms with Gasteiger partial charge in [0.05, 0.1) is 12.2 Å². The zero-order valence-electron chi connectivity index (χ0n) is 18.8. The molecule has 1 saturated heterocycles. The van der Waals surface area contributed by atoms with E-state index >= 15 is 0 Å². The molecule has 0 aromatic heterocycles. The van der Waals surface area contributed by atoms with Gasteiger partial charge < -0.3 is 26.4 Å². The first-order valence-corrected chi connectivity index (χ1v) is 12.1. The Labute approximate surface area is 200 Å². The van der Waals surface area contributed by atoms with Crippen LogP contribution in [0.3, 0.4) is 0 Å². The van der Waals surface area contributed by atoms with Crippen LogP contribution >= 0.6 is 11.8 Å². The molecular weight excluding hydrogens is 467 g/mol. The molecule has 186 valence electrons. The Morgan fingerprint density at radius 3 is 2.47 bits per heavy atom. The van der Waals surface area contributed by atoms with Gasteiger partial charge in [0.2, 0.25) is 23.6 Å². The lowest BCUT2D eigenvalue weighted by Crippen LogP contribution is -2.60. The number of likely N-dealkylation sites (tertiary alicyclic amines) is 1. The smallest absolute Gasteiger partial charge is 0.303 e. The zero-order valence-corrected chi connectivity index (χ0v) is 19.6. The molecule has 12 heteroatoms. The molecule has 1 aliphatic rings. The Morgan fingerprint density at radius 1 is 1.21 bits per heavy atom. The highest BCUT2D eigenvalue weighted by molar-refractivity contribution is 7.99. The minimum Gasteiger partial charge on any atom is -0.481 e. The van der Waals surface area contributed by atoms with Crippen LogP contribution in [0.1, 0.15) is 31.2 Å². The van der Waals surface area contributed by atoms with E-state index in [9.17, 15) is 28.4 Å². The number of hydrogen-bond acceptors (Lipinski definition) is 6. The van der Waals surface area contributed by atoms with E-state index in [1.165, 1.54) is 40.9 Å². The maximum atomic E-state index is 13.2. The molecule has 4 amide bonds. The van der Waals surface area contributed by atoms with Gasteiger partial charge in [0.25, 0.3) is 0 Å². The SMILES string of the molecule is CSCC(=O)NC1CCN(C(=O)CCC(=O)O)C(C(=O)NC(Cc2ccc(F)cc2)C(N)=O)C1. The van der Waals surface area contributed by atoms with Crippen molar-refractivity contribution >= 4 is 41.4 Å². The number of rotatable bonds is 11. The molecule has 1 fully saturated rings. The maximum Gasteiger partial charge on any atom is 0.303 e. The Balaban J connectivity index is 2.16. The minimum atomic E-state index is -1.14. The van der Waals surface area contributed by atoms with Crippen molar-refractivity contribution in [3.8, 4) is 0 Å². The summed E-state index contributed by atoms with van der Waals surface area (Å²) in [5.74, 6) is -3.49. The molecule has 1 aromatic rings. The molecule has 0 spiro atoms. The summed E-state index contributed by atoms with van der Waals surface area (Å²) in [7, 11) is 0. The molecular formula is C22H29FN4O6S. The lowest BCUT2D eigenvalue weighted by Gasteiger charge is -2.39. The Kier molecular flexibility index (Phi) is 10.3. The average Bonchev–Trinajstić information content (AvgIpc) is 2.78. The van der Waals surface area contributed by atoms with Gasteiger partial charge in [0.1, 0.15) is 17.9 Å². The van der Waals surface area contributed by atoms with Gasteiger partial charge in [0.15, 0.2) is 0 Å². The molecule has 0 bridgehead atoms. The molecule has 3 atom stereocenters. The van der Waals surface area contributed by atoms with Gasteiger partial charge in [-0.25, -0.2) is 4.39 Å². The molecule has 0 radical (unpaired) electrons. The molecule has 3 unspecified atom stereocenters. The van der Waals surface area contributed by atoms with Gasteiger partial charge in [-0.3, -0.25) is 24.0 Å². The Hall–Kier alpha value is -3.15. The Morgan fingerprint density at radius 2 is 1.88 bits per heavy atom. The van der Waals surface area contributed by atoms with Crippen molar-refractivity contribution in [1.29, 1.82) is 0 Å². The van der Waals surface area contributed by atoms with Crippen LogP contribution in [-0.4, -0.2) is 76.3 Å². The number of primary amides is 1. The van der Waals surface area contributed by atoms with Crippen molar-refractivity contribution < 1.29 is 33.5 Å². The number of thioether (sulfide) groups is 1. The number of carbonyl (C=O) groups excluding carboxylic acids is 4. The third kappa shape index (κ3) is 8.32. The van der Waals surface area contributed by atoms with E-state index in [1.807, 2.05) is 0 Å². The normalized spacial score (nSPS) is 18.6. The number of nitrogens with two attached hydrogens (primary N) is 1. The first-order chi connectivity index (χ1) is 16.1. The molecule has 2 rings (SSSR count). The van der Waals surface area contributed by atoms with Gasteiger partial charge >= 0.3 is 5.97 Å². The number of amides is 4. The average molecular weight is 497 g/mol. The van der Waals surface area contributed by atoms with Gasteiger partial charge in [-0.1, -0.05) is 12.1 Å². The highest BCUT2D eigenvalue weighted by Crippen LogP contribution is 2.20. The summed E-state index contributed by atoms with van der Waals surface area (Å²) in [6.07, 6.45) is 1.65. The first-order valence-electron chi connectivity index (χ1n) is 10.7. The van der Waals surface area contributed by atoms with Crippen LogP contribution in [0.4, 0.5) is 4.39 Å². The zero-order chi connectivity index (χ0) is 25.3. The fraction of sp³-hybridized carbons (Fsp3) is 0.500. The third-order valence-electron chi connectivity index (χ3n) is 5.43. The number of hydrogen-bond donors (Lipinski definition) is 4. The molecule has 0 aliphatic carbocycles. The van der Waals surface area contributed by atoms with Crippen molar-refractivity contribution in [3.63, 3.8) is 0 Å². The summed E-state index contributed by atoms with van der Waals surface area (Å²) < 4.78 is 13.2. The van der Waals surface area contributed by atoms with E-state index in [4.69, 9.17) is 10.8 Å². The van der Waals surface area contributed by atoms with Crippen LogP contribution in [0, 0.1) is 5.82 Å². The summed E-state index contributed by atoms with van der Waals surface area (Å²) in [5, 5.41) is 14.3. The number of nitrogens with zero attached hydrogens (tertiary/aromatic N) is 1. The van der Waals surface area contributed by atoms with Gasteiger partial charge in [-0.2, -0.15) is 11.8 Å². The number of nitrogens with one attached hydrogen (secondary N) is 2. The number of carboxylic acids is 1. The Bertz CT molecular complexity index is 913. The van der Waals surface area contributed by atoms with Gasteiger partial charge in [0, 0.05) is 25.4 Å². The summed E-state index contributed by atoms with van der Waals surface area (Å²) in [5.41, 5.74) is 6.04. The molecule has 1 heterocycles. The number of piperidine rings is 1. The molecule has 1 aromatic carbocycles. The largest absolute Gasteiger partial charge is 0.481 e. The third-order valence-corrected chi connectivity index (χ3v) is 5.98. The molecule has 10 nitrogen and oxygen atoms in total. The number of carbonyl (C=O) groups is 5. The van der Waals surface area contributed by atoms with Crippen molar-refractivity contribution in [3.05, 3.63) is 35.6 Å². The summed E-state index contributed by atoms with van der Waals surface area (Å²) >= 11 is 1.35. The van der Waals surface area contributed by atoms with Crippen LogP contribution in [0.15, 0.2) is 24.3 Å². The highest BCUT2D eigenvalue weighted by atomic mass is 32.2. The molecule has 0 saturated carbocycles. The van der Waals surface area contributed by atoms with E-state index in [-0.39, 0.29) is 49.9 Å². The molecule has 5 N–H and O–H groups in total. The van der Waals surface area contributed by atoms with Crippen molar-refractivity contribution in [2.24, 2.45) is 5.73 Å². The van der Waals surface area contributed by atoms with Crippen LogP contribution < -0.4 is 16.4 Å². The number of aliphatic carboxylic acids is 1. The van der Waals surface area contributed by atoms with Crippen molar-refractivity contribution in [2.75, 3.05) is 18.6 Å². The van der Waals surface area contributed by atoms with Crippen LogP contribution in [0.2, 0.25) is 0 Å². The fourth-order valence-electron chi connectivity index (χ4n) is 3.75. The number of benzene rings is 1. The maximum absolute atomic E-state index is 13.2. The quantitative estimate of drug-likeness (QED) is 0.337. The first kappa shape index (κ1) is 27.1. The number of carboxylic acid groups (broad SMARTS) is 1. The second kappa shape index (κ2) is 12.9. The van der Waals surface area contributed by atoms with Crippen LogP contribution in [0.5, 0.6) is 0 Å². The minimum absolute atomic E-state index is 0.0227. The second-order valence-corrected chi connectivity index (χ2v) is 8.88. The molecule has 34 heavy (non-hydrogen) atoms. The van der Waals surface area contributed by atoms with E-state index in [1.54, 1.807) is 6.26 Å². The monoisotopic (exact) mass is 496 g/mol. The van der Waals surface area contributed by atoms with E-state index < -0.39 is 41.6 Å². The lowest BCUT2D eigenvalue weighted by atomic mass is 9.95. The predicted octanol–water partition coefficient (Wildman–Crippen LogP) is 0.0419. The van der Waals surface area contributed by atoms with Crippen molar-refractivity contribution in [1.82, 2.24) is 15.5 Å². The summed E-state index contributed by atoms with van der Waals surface area (Å²) in [4.78, 5) is 62.0. The summed E-state index contributed by atoms with van der Waals surface area (Å²) in [6, 6.07) is 2.88. The van der Waals surface area contributed by atoms with Crippen molar-refractivity contribution in [2.45, 2.75) is 50.2 Å². The van der Waals surface area contributed by atoms with Gasteiger partial charge in [-0.05, 0) is 36.8 Å². The second-order valence-electron chi connectivity index (χ2n) is 8.01. The van der Waals surface area contributed by atoms with E-state index in [2.05, 4.69) is 10.6 Å². The predicted molar refractivity (Wildman–Crippen MR) is 123 cm³/mol. The van der Waals surface area contributed by atoms with Crippen LogP contribution in [0.25, 0.3) is 0 Å². The standard InChI is InChI=1S/C22H29FN4O6S/c1-34-12-18(28)25-15-8-9-27(19(29)6-7-20(30)31)17(11-15)22(33)26-16(21(24)32)10-13-2-4-14(23)5-3-13/h2-5,15-17H,6-12H2,1H3,(H2,24,32)(H,25,28)(H,26,33)(H,30,31). The fourth-order valence-corrected chi connectivity index (χ4v) is 4.09. The summed E-state index contributed by atoms with van der Waals surface area (Å²) in [6.45, 7) is 0.139. The molecule has 1 aliphatic heterocycles. The van der Waals surface area contributed by atoms with Crippen LogP contribution in [-0.2, 0) is 30.4 Å². The lowest BCUT2D eigenvalue weighted by molar-refractivity contribution is -0.146. The topological polar surface area (TPSA) is 159 Å². The van der Waals surface area contributed by atoms with E-state index in [0.29, 0.717) is 12.0 Å². The highest BCUT2D eigenvalue weighted by Gasteiger charge is 2.37. The number of halogens is 1.